The van der Waals surface area contributed by atoms with Crippen molar-refractivity contribution in [2.45, 2.75) is 39.0 Å². The number of benzene rings is 1. The summed E-state index contributed by atoms with van der Waals surface area (Å²) in [5.41, 5.74) is 4.57. The van der Waals surface area contributed by atoms with Crippen molar-refractivity contribution < 1.29 is 14.3 Å². The Morgan fingerprint density at radius 1 is 1.13 bits per heavy atom. The molecule has 0 unspecified atom stereocenters. The van der Waals surface area contributed by atoms with Crippen LogP contribution in [0, 0.1) is 5.92 Å². The molecule has 0 saturated heterocycles. The quantitative estimate of drug-likeness (QED) is 0.660. The lowest BCUT2D eigenvalue weighted by molar-refractivity contribution is -0.120. The Labute approximate surface area is 136 Å². The Morgan fingerprint density at radius 3 is 2.39 bits per heavy atom. The van der Waals surface area contributed by atoms with E-state index in [-0.39, 0.29) is 11.8 Å². The van der Waals surface area contributed by atoms with Crippen LogP contribution >= 0.6 is 0 Å². The van der Waals surface area contributed by atoms with Gasteiger partial charge in [0.05, 0.1) is 12.8 Å². The predicted molar refractivity (Wildman–Crippen MR) is 89.4 cm³/mol. The molecule has 2 N–H and O–H groups in total. The second kappa shape index (κ2) is 8.31. The van der Waals surface area contributed by atoms with Crippen molar-refractivity contribution in [3.63, 3.8) is 0 Å². The molecule has 2 amide bonds. The van der Waals surface area contributed by atoms with E-state index in [0.717, 1.165) is 36.9 Å². The molecule has 6 heteroatoms. The number of anilines is 1. The van der Waals surface area contributed by atoms with Crippen molar-refractivity contribution >= 4 is 23.4 Å². The fourth-order valence-corrected chi connectivity index (χ4v) is 2.64. The van der Waals surface area contributed by atoms with Crippen LogP contribution in [0.4, 0.5) is 10.5 Å². The molecule has 0 aromatic heterocycles. The first-order valence-electron chi connectivity index (χ1n) is 7.89. The number of nitrogens with zero attached hydrogens (tertiary/aromatic N) is 1. The van der Waals surface area contributed by atoms with Crippen LogP contribution in [0.25, 0.3) is 0 Å². The molecule has 0 heterocycles. The van der Waals surface area contributed by atoms with E-state index in [4.69, 9.17) is 0 Å². The normalized spacial score (nSPS) is 15.8. The molecular formula is C17H23N3O3. The number of hydrazone groups is 1. The molecule has 0 radical (unpaired) electrons. The van der Waals surface area contributed by atoms with Gasteiger partial charge in [-0.25, -0.2) is 10.2 Å². The molecule has 1 aromatic carbocycles. The minimum Gasteiger partial charge on any atom is -0.452 e. The zero-order valence-electron chi connectivity index (χ0n) is 13.6. The number of carbonyl (C=O) groups is 2. The first kappa shape index (κ1) is 17.0. The Morgan fingerprint density at radius 2 is 1.78 bits per heavy atom. The van der Waals surface area contributed by atoms with Crippen LogP contribution < -0.4 is 10.7 Å². The number of carbonyl (C=O) groups excluding carboxylic acids is 2. The average molecular weight is 317 g/mol. The van der Waals surface area contributed by atoms with Gasteiger partial charge in [0.1, 0.15) is 0 Å². The van der Waals surface area contributed by atoms with Gasteiger partial charge < -0.3 is 10.1 Å². The molecule has 1 aromatic rings. The summed E-state index contributed by atoms with van der Waals surface area (Å²) in [6, 6.07) is 7.39. The molecule has 1 aliphatic carbocycles. The van der Waals surface area contributed by atoms with Crippen LogP contribution in [0.1, 0.15) is 44.6 Å². The van der Waals surface area contributed by atoms with Gasteiger partial charge in [0.15, 0.2) is 0 Å². The van der Waals surface area contributed by atoms with Crippen molar-refractivity contribution in [2.24, 2.45) is 11.0 Å². The number of methoxy groups -OCH3 is 1. The van der Waals surface area contributed by atoms with Crippen molar-refractivity contribution in [2.75, 3.05) is 12.4 Å². The fourth-order valence-electron chi connectivity index (χ4n) is 2.64. The van der Waals surface area contributed by atoms with Crippen molar-refractivity contribution in [3.05, 3.63) is 29.8 Å². The molecule has 124 valence electrons. The second-order valence-electron chi connectivity index (χ2n) is 5.70. The fraction of sp³-hybridized carbons (Fsp3) is 0.471. The lowest BCUT2D eigenvalue weighted by atomic mass is 9.88. The molecule has 0 aliphatic heterocycles. The molecule has 23 heavy (non-hydrogen) atoms. The SMILES string of the molecule is COC(=O)N/N=C(\C)c1ccc(NC(=O)C2CCCCC2)cc1. The van der Waals surface area contributed by atoms with Gasteiger partial charge in [0, 0.05) is 11.6 Å². The lowest BCUT2D eigenvalue weighted by Gasteiger charge is -2.20. The summed E-state index contributed by atoms with van der Waals surface area (Å²) in [5, 5.41) is 6.90. The number of nitrogens with one attached hydrogen (secondary N) is 2. The molecule has 2 rings (SSSR count). The largest absolute Gasteiger partial charge is 0.452 e. The smallest absolute Gasteiger partial charge is 0.427 e. The highest BCUT2D eigenvalue weighted by Crippen LogP contribution is 2.25. The first-order chi connectivity index (χ1) is 11.1. The van der Waals surface area contributed by atoms with Gasteiger partial charge in [0.25, 0.3) is 0 Å². The Balaban J connectivity index is 1.93. The molecule has 0 atom stereocenters. The van der Waals surface area contributed by atoms with Gasteiger partial charge in [-0.3, -0.25) is 4.79 Å². The maximum atomic E-state index is 12.2. The molecule has 6 nitrogen and oxygen atoms in total. The average Bonchev–Trinajstić information content (AvgIpc) is 2.60. The summed E-state index contributed by atoms with van der Waals surface area (Å²) < 4.78 is 4.45. The molecule has 0 spiro atoms. The number of amides is 2. The predicted octanol–water partition coefficient (Wildman–Crippen LogP) is 3.29. The first-order valence-corrected chi connectivity index (χ1v) is 7.89. The van der Waals surface area contributed by atoms with E-state index < -0.39 is 6.09 Å². The van der Waals surface area contributed by atoms with Gasteiger partial charge in [-0.15, -0.1) is 0 Å². The van der Waals surface area contributed by atoms with Gasteiger partial charge in [0.2, 0.25) is 5.91 Å². The third-order valence-electron chi connectivity index (χ3n) is 4.05. The van der Waals surface area contributed by atoms with E-state index in [1.54, 1.807) is 6.92 Å². The van der Waals surface area contributed by atoms with E-state index in [2.05, 4.69) is 20.6 Å². The summed E-state index contributed by atoms with van der Waals surface area (Å²) in [6.45, 7) is 1.78. The van der Waals surface area contributed by atoms with Gasteiger partial charge in [-0.1, -0.05) is 31.4 Å². The minimum absolute atomic E-state index is 0.107. The van der Waals surface area contributed by atoms with Crippen molar-refractivity contribution in [1.29, 1.82) is 0 Å². The highest BCUT2D eigenvalue weighted by Gasteiger charge is 2.20. The van der Waals surface area contributed by atoms with Gasteiger partial charge >= 0.3 is 6.09 Å². The zero-order chi connectivity index (χ0) is 16.7. The van der Waals surface area contributed by atoms with E-state index in [1.165, 1.54) is 13.5 Å². The molecule has 1 fully saturated rings. The highest BCUT2D eigenvalue weighted by molar-refractivity contribution is 6.00. The highest BCUT2D eigenvalue weighted by atomic mass is 16.5. The number of rotatable bonds is 4. The van der Waals surface area contributed by atoms with Gasteiger partial charge in [-0.2, -0.15) is 5.10 Å². The third kappa shape index (κ3) is 5.09. The molecule has 0 bridgehead atoms. The standard InChI is InChI=1S/C17H23N3O3/c1-12(19-20-17(22)23-2)13-8-10-15(11-9-13)18-16(21)14-6-4-3-5-7-14/h8-11,14H,3-7H2,1-2H3,(H,18,21)(H,20,22)/b19-12+. The third-order valence-corrected chi connectivity index (χ3v) is 4.05. The number of ether oxygens (including phenoxy) is 1. The zero-order valence-corrected chi connectivity index (χ0v) is 13.6. The van der Waals surface area contributed by atoms with Crippen LogP contribution in [-0.2, 0) is 9.53 Å². The molecule has 1 aliphatic rings. The van der Waals surface area contributed by atoms with E-state index in [0.29, 0.717) is 5.71 Å². The van der Waals surface area contributed by atoms with Crippen LogP contribution in [0.5, 0.6) is 0 Å². The molecule has 1 saturated carbocycles. The number of hydrogen-bond acceptors (Lipinski definition) is 4. The summed E-state index contributed by atoms with van der Waals surface area (Å²) in [7, 11) is 1.28. The van der Waals surface area contributed by atoms with Crippen molar-refractivity contribution in [3.8, 4) is 0 Å². The van der Waals surface area contributed by atoms with E-state index in [9.17, 15) is 9.59 Å². The van der Waals surface area contributed by atoms with Crippen LogP contribution in [0.15, 0.2) is 29.4 Å². The monoisotopic (exact) mass is 317 g/mol. The van der Waals surface area contributed by atoms with Crippen LogP contribution in [-0.4, -0.2) is 24.8 Å². The Bertz CT molecular complexity index is 575. The topological polar surface area (TPSA) is 79.8 Å². The number of hydrogen-bond donors (Lipinski definition) is 2. The maximum absolute atomic E-state index is 12.2. The second-order valence-corrected chi connectivity index (χ2v) is 5.70. The Hall–Kier alpha value is -2.37. The summed E-state index contributed by atoms with van der Waals surface area (Å²) >= 11 is 0. The summed E-state index contributed by atoms with van der Waals surface area (Å²) in [4.78, 5) is 23.2. The van der Waals surface area contributed by atoms with E-state index in [1.807, 2.05) is 24.3 Å². The summed E-state index contributed by atoms with van der Waals surface area (Å²) in [5.74, 6) is 0.242. The van der Waals surface area contributed by atoms with Gasteiger partial charge in [-0.05, 0) is 37.5 Å². The maximum Gasteiger partial charge on any atom is 0.427 e. The van der Waals surface area contributed by atoms with Crippen LogP contribution in [0.3, 0.4) is 0 Å². The van der Waals surface area contributed by atoms with Crippen molar-refractivity contribution in [1.82, 2.24) is 5.43 Å². The minimum atomic E-state index is -0.610. The lowest BCUT2D eigenvalue weighted by Crippen LogP contribution is -2.24. The Kier molecular flexibility index (Phi) is 6.14. The van der Waals surface area contributed by atoms with Crippen LogP contribution in [0.2, 0.25) is 0 Å². The van der Waals surface area contributed by atoms with E-state index >= 15 is 0 Å². The summed E-state index contributed by atoms with van der Waals surface area (Å²) in [6.07, 6.45) is 4.86. The molecular weight excluding hydrogens is 294 g/mol.